The van der Waals surface area contributed by atoms with E-state index in [-0.39, 0.29) is 0 Å². The lowest BCUT2D eigenvalue weighted by Crippen LogP contribution is -2.33. The van der Waals surface area contributed by atoms with E-state index in [1.165, 1.54) is 43.4 Å². The molecule has 3 unspecified atom stereocenters. The van der Waals surface area contributed by atoms with Crippen molar-refractivity contribution in [3.05, 3.63) is 29.6 Å². The molecule has 0 aromatic carbocycles. The van der Waals surface area contributed by atoms with Crippen LogP contribution in [0.4, 0.5) is 0 Å². The second-order valence-corrected chi connectivity index (χ2v) is 5.78. The molecule has 2 nitrogen and oxygen atoms in total. The molecule has 0 saturated heterocycles. The first-order valence-electron chi connectivity index (χ1n) is 7.92. The zero-order valence-electron chi connectivity index (χ0n) is 12.7. The Morgan fingerprint density at radius 3 is 2.79 bits per heavy atom. The highest BCUT2D eigenvalue weighted by Gasteiger charge is 2.32. The van der Waals surface area contributed by atoms with Gasteiger partial charge in [-0.05, 0) is 43.4 Å². The van der Waals surface area contributed by atoms with Crippen molar-refractivity contribution in [1.82, 2.24) is 10.3 Å². The molecule has 1 N–H and O–H groups in total. The summed E-state index contributed by atoms with van der Waals surface area (Å²) in [6.45, 7) is 4.57. The lowest BCUT2D eigenvalue weighted by Gasteiger charge is -2.37. The van der Waals surface area contributed by atoms with Crippen molar-refractivity contribution in [2.75, 3.05) is 7.05 Å². The monoisotopic (exact) mass is 260 g/mol. The third-order valence-corrected chi connectivity index (χ3v) is 4.83. The van der Waals surface area contributed by atoms with E-state index in [4.69, 9.17) is 4.98 Å². The Morgan fingerprint density at radius 1 is 1.32 bits per heavy atom. The highest BCUT2D eigenvalue weighted by Crippen LogP contribution is 2.40. The van der Waals surface area contributed by atoms with Gasteiger partial charge < -0.3 is 5.32 Å². The van der Waals surface area contributed by atoms with Gasteiger partial charge >= 0.3 is 0 Å². The number of rotatable bonds is 5. The second-order valence-electron chi connectivity index (χ2n) is 5.78. The Kier molecular flexibility index (Phi) is 5.38. The van der Waals surface area contributed by atoms with Crippen molar-refractivity contribution in [3.63, 3.8) is 0 Å². The summed E-state index contributed by atoms with van der Waals surface area (Å²) >= 11 is 0. The van der Waals surface area contributed by atoms with Gasteiger partial charge in [-0.2, -0.15) is 0 Å². The molecule has 2 heteroatoms. The van der Waals surface area contributed by atoms with Crippen LogP contribution >= 0.6 is 0 Å². The summed E-state index contributed by atoms with van der Waals surface area (Å²) in [6, 6.07) is 4.73. The molecule has 1 saturated carbocycles. The maximum absolute atomic E-state index is 4.70. The summed E-state index contributed by atoms with van der Waals surface area (Å²) in [7, 11) is 2.10. The molecule has 1 aromatic heterocycles. The summed E-state index contributed by atoms with van der Waals surface area (Å²) in [6.07, 6.45) is 9.87. The van der Waals surface area contributed by atoms with Crippen molar-refractivity contribution >= 4 is 0 Å². The van der Waals surface area contributed by atoms with Crippen LogP contribution in [0.1, 0.15) is 63.3 Å². The Morgan fingerprint density at radius 2 is 2.11 bits per heavy atom. The summed E-state index contributed by atoms with van der Waals surface area (Å²) in [5.74, 6) is 1.61. The van der Waals surface area contributed by atoms with Crippen molar-refractivity contribution in [2.24, 2.45) is 11.8 Å². The number of nitrogens with zero attached hydrogens (tertiary/aromatic N) is 1. The fourth-order valence-corrected chi connectivity index (χ4v) is 3.77. The normalized spacial score (nSPS) is 25.2. The third kappa shape index (κ3) is 3.17. The van der Waals surface area contributed by atoms with Gasteiger partial charge in [-0.1, -0.05) is 45.6 Å². The highest BCUT2D eigenvalue weighted by atomic mass is 14.9. The Bertz CT molecular complexity index is 389. The smallest absolute Gasteiger partial charge is 0.0607 e. The molecule has 0 aliphatic heterocycles. The first-order chi connectivity index (χ1) is 9.31. The van der Waals surface area contributed by atoms with E-state index in [0.29, 0.717) is 6.04 Å². The molecular weight excluding hydrogens is 232 g/mol. The molecule has 1 fully saturated rings. The average molecular weight is 260 g/mol. The quantitative estimate of drug-likeness (QED) is 0.861. The molecule has 0 spiro atoms. The fraction of sp³-hybridized carbons (Fsp3) is 0.706. The van der Waals surface area contributed by atoms with Crippen LogP contribution in [0, 0.1) is 11.8 Å². The minimum Gasteiger partial charge on any atom is -0.311 e. The number of aryl methyl sites for hydroxylation is 1. The summed E-state index contributed by atoms with van der Waals surface area (Å²) in [5, 5.41) is 3.56. The van der Waals surface area contributed by atoms with Crippen molar-refractivity contribution in [3.8, 4) is 0 Å². The third-order valence-electron chi connectivity index (χ3n) is 4.83. The number of hydrogen-bond donors (Lipinski definition) is 1. The van der Waals surface area contributed by atoms with Crippen LogP contribution in [-0.4, -0.2) is 12.0 Å². The summed E-state index contributed by atoms with van der Waals surface area (Å²) in [5.41, 5.74) is 2.69. The summed E-state index contributed by atoms with van der Waals surface area (Å²) < 4.78 is 0. The predicted molar refractivity (Wildman–Crippen MR) is 81.2 cm³/mol. The molecule has 106 valence electrons. The van der Waals surface area contributed by atoms with E-state index in [0.717, 1.165) is 18.3 Å². The van der Waals surface area contributed by atoms with Gasteiger partial charge in [0, 0.05) is 6.20 Å². The molecule has 1 aromatic rings. The molecule has 0 radical (unpaired) electrons. The van der Waals surface area contributed by atoms with Crippen LogP contribution in [0.3, 0.4) is 0 Å². The number of aromatic nitrogens is 1. The van der Waals surface area contributed by atoms with E-state index in [9.17, 15) is 0 Å². The molecule has 3 atom stereocenters. The molecular formula is C17H28N2. The maximum Gasteiger partial charge on any atom is 0.0607 e. The Balaban J connectivity index is 2.27. The van der Waals surface area contributed by atoms with Crippen LogP contribution < -0.4 is 5.32 Å². The molecule has 19 heavy (non-hydrogen) atoms. The standard InChI is InChI=1S/C17H28N2/c1-4-13-9-6-7-11-15(13)17(18-3)16-14(5-2)10-8-12-19-16/h8,10,12-13,15,17-18H,4-7,9,11H2,1-3H3. The van der Waals surface area contributed by atoms with Gasteiger partial charge in [-0.15, -0.1) is 0 Å². The Hall–Kier alpha value is -0.890. The van der Waals surface area contributed by atoms with Crippen molar-refractivity contribution in [1.29, 1.82) is 0 Å². The zero-order valence-corrected chi connectivity index (χ0v) is 12.7. The van der Waals surface area contributed by atoms with Crippen LogP contribution in [0.2, 0.25) is 0 Å². The molecule has 2 rings (SSSR count). The highest BCUT2D eigenvalue weighted by molar-refractivity contribution is 5.23. The first kappa shape index (κ1) is 14.5. The van der Waals surface area contributed by atoms with Crippen molar-refractivity contribution < 1.29 is 0 Å². The largest absolute Gasteiger partial charge is 0.311 e. The first-order valence-corrected chi connectivity index (χ1v) is 7.92. The fourth-order valence-electron chi connectivity index (χ4n) is 3.77. The maximum atomic E-state index is 4.70. The number of nitrogens with one attached hydrogen (secondary N) is 1. The van der Waals surface area contributed by atoms with Gasteiger partial charge in [-0.25, -0.2) is 0 Å². The zero-order chi connectivity index (χ0) is 13.7. The lowest BCUT2D eigenvalue weighted by atomic mass is 9.72. The lowest BCUT2D eigenvalue weighted by molar-refractivity contribution is 0.178. The second kappa shape index (κ2) is 7.04. The van der Waals surface area contributed by atoms with E-state index >= 15 is 0 Å². The van der Waals surface area contributed by atoms with E-state index in [1.807, 2.05) is 6.20 Å². The predicted octanol–water partition coefficient (Wildman–Crippen LogP) is 4.12. The van der Waals surface area contributed by atoms with Crippen molar-refractivity contribution in [2.45, 2.75) is 58.4 Å². The number of hydrogen-bond acceptors (Lipinski definition) is 2. The molecule has 1 aliphatic carbocycles. The Labute approximate surface area is 118 Å². The van der Waals surface area contributed by atoms with Crippen LogP contribution in [0.5, 0.6) is 0 Å². The van der Waals surface area contributed by atoms with Gasteiger partial charge in [0.15, 0.2) is 0 Å². The summed E-state index contributed by atoms with van der Waals surface area (Å²) in [4.78, 5) is 4.70. The van der Waals surface area contributed by atoms with Crippen LogP contribution in [0.15, 0.2) is 18.3 Å². The van der Waals surface area contributed by atoms with Crippen LogP contribution in [-0.2, 0) is 6.42 Å². The van der Waals surface area contributed by atoms with E-state index in [2.05, 4.69) is 38.3 Å². The van der Waals surface area contributed by atoms with Gasteiger partial charge in [-0.3, -0.25) is 4.98 Å². The minimum absolute atomic E-state index is 0.432. The minimum atomic E-state index is 0.432. The molecule has 1 aliphatic rings. The van der Waals surface area contributed by atoms with Gasteiger partial charge in [0.05, 0.1) is 11.7 Å². The van der Waals surface area contributed by atoms with Gasteiger partial charge in [0.1, 0.15) is 0 Å². The molecule has 1 heterocycles. The van der Waals surface area contributed by atoms with E-state index in [1.54, 1.807) is 0 Å². The molecule has 0 bridgehead atoms. The SMILES string of the molecule is CCc1cccnc1C(NC)C1CCCCC1CC. The van der Waals surface area contributed by atoms with Crippen LogP contribution in [0.25, 0.3) is 0 Å². The average Bonchev–Trinajstić information content (AvgIpc) is 2.49. The molecule has 0 amide bonds. The number of pyridine rings is 1. The topological polar surface area (TPSA) is 24.9 Å². The van der Waals surface area contributed by atoms with Gasteiger partial charge in [0.2, 0.25) is 0 Å². The van der Waals surface area contributed by atoms with E-state index < -0.39 is 0 Å². The van der Waals surface area contributed by atoms with Gasteiger partial charge in [0.25, 0.3) is 0 Å².